The Hall–Kier alpha value is -2.93. The lowest BCUT2D eigenvalue weighted by Gasteiger charge is -2.36. The lowest BCUT2D eigenvalue weighted by atomic mass is 9.77. The van der Waals surface area contributed by atoms with Crippen LogP contribution in [0.1, 0.15) is 22.4 Å². The predicted octanol–water partition coefficient (Wildman–Crippen LogP) is 4.85. The van der Waals surface area contributed by atoms with Crippen molar-refractivity contribution in [1.82, 2.24) is 9.78 Å². The number of hydrogen-bond donors (Lipinski definition) is 0. The Labute approximate surface area is 187 Å². The zero-order valence-electron chi connectivity index (χ0n) is 16.9. The van der Waals surface area contributed by atoms with Crippen molar-refractivity contribution in [3.05, 3.63) is 125 Å². The summed E-state index contributed by atoms with van der Waals surface area (Å²) >= 11 is 6.72. The number of benzene rings is 3. The molecule has 0 aliphatic rings. The van der Waals surface area contributed by atoms with E-state index in [2.05, 4.69) is 0 Å². The molecule has 3 aromatic carbocycles. The van der Waals surface area contributed by atoms with Gasteiger partial charge in [-0.25, -0.2) is 4.68 Å². The van der Waals surface area contributed by atoms with Crippen LogP contribution in [0.15, 0.2) is 97.1 Å². The van der Waals surface area contributed by atoms with E-state index in [4.69, 9.17) is 20.9 Å². The lowest BCUT2D eigenvalue weighted by Crippen LogP contribution is -2.38. The predicted molar refractivity (Wildman–Crippen MR) is 121 cm³/mol. The van der Waals surface area contributed by atoms with Gasteiger partial charge in [0, 0.05) is 6.07 Å². The fraction of sp³-hybridized carbons (Fsp3) is 0.125. The number of aromatic nitrogens is 2. The minimum Gasteiger partial charge on any atom is -0.264 e. The van der Waals surface area contributed by atoms with E-state index >= 15 is 0 Å². The first-order valence-electron chi connectivity index (χ1n) is 9.67. The third-order valence-electron chi connectivity index (χ3n) is 5.03. The summed E-state index contributed by atoms with van der Waals surface area (Å²) < 4.78 is 29.6. The van der Waals surface area contributed by atoms with E-state index in [0.29, 0.717) is 10.8 Å². The molecule has 0 unspecified atom stereocenters. The maximum atomic E-state index is 11.5. The number of hydrogen-bond acceptors (Lipinski definition) is 4. The van der Waals surface area contributed by atoms with Gasteiger partial charge in [0.25, 0.3) is 10.1 Å². The zero-order chi connectivity index (χ0) is 21.9. The molecule has 0 atom stereocenters. The second-order valence-corrected chi connectivity index (χ2v) is 9.18. The highest BCUT2D eigenvalue weighted by Crippen LogP contribution is 2.42. The Morgan fingerprint density at radius 1 is 0.839 bits per heavy atom. The molecule has 0 radical (unpaired) electrons. The highest BCUT2D eigenvalue weighted by molar-refractivity contribution is 7.85. The first-order valence-corrected chi connectivity index (χ1v) is 11.9. The third-order valence-corrected chi connectivity index (χ3v) is 5.85. The average Bonchev–Trinajstić information content (AvgIpc) is 3.16. The van der Waals surface area contributed by atoms with Crippen LogP contribution in [-0.4, -0.2) is 24.5 Å². The molecule has 0 aliphatic heterocycles. The van der Waals surface area contributed by atoms with Gasteiger partial charge >= 0.3 is 0 Å². The summed E-state index contributed by atoms with van der Waals surface area (Å²) in [6, 6.07) is 31.5. The minimum absolute atomic E-state index is 0.194. The van der Waals surface area contributed by atoms with Crippen molar-refractivity contribution in [3.63, 3.8) is 0 Å². The highest BCUT2D eigenvalue weighted by Gasteiger charge is 2.40. The largest absolute Gasteiger partial charge is 0.264 e. The molecule has 7 heteroatoms. The van der Waals surface area contributed by atoms with Crippen LogP contribution in [-0.2, 0) is 26.4 Å². The number of nitrogens with zero attached hydrogens (tertiary/aromatic N) is 2. The van der Waals surface area contributed by atoms with E-state index in [-0.39, 0.29) is 6.61 Å². The van der Waals surface area contributed by atoms with E-state index in [9.17, 15) is 8.42 Å². The molecular formula is C24H21ClN2O3S. The summed E-state index contributed by atoms with van der Waals surface area (Å²) in [4.78, 5) is 0. The molecule has 4 rings (SSSR count). The minimum atomic E-state index is -3.61. The standard InChI is InChI=1S/C24H21ClN2O3S/c1-31(28,29)30-18-22-17-23(25)27(26-22)24(19-11-5-2-6-12-19,20-13-7-3-8-14-20)21-15-9-4-10-16-21/h2-17H,18H2,1H3. The van der Waals surface area contributed by atoms with Gasteiger partial charge in [-0.3, -0.25) is 4.18 Å². The first-order chi connectivity index (χ1) is 14.9. The monoisotopic (exact) mass is 452 g/mol. The molecule has 0 fully saturated rings. The third kappa shape index (κ3) is 4.28. The van der Waals surface area contributed by atoms with Crippen LogP contribution >= 0.6 is 11.6 Å². The van der Waals surface area contributed by atoms with Crippen molar-refractivity contribution in [2.45, 2.75) is 12.1 Å². The summed E-state index contributed by atoms with van der Waals surface area (Å²) in [6.07, 6.45) is 1.01. The van der Waals surface area contributed by atoms with Gasteiger partial charge in [0.05, 0.1) is 11.9 Å². The van der Waals surface area contributed by atoms with Gasteiger partial charge in [-0.1, -0.05) is 103 Å². The van der Waals surface area contributed by atoms with Crippen molar-refractivity contribution in [1.29, 1.82) is 0 Å². The van der Waals surface area contributed by atoms with Crippen LogP contribution < -0.4 is 0 Å². The Morgan fingerprint density at radius 2 is 1.26 bits per heavy atom. The quantitative estimate of drug-likeness (QED) is 0.297. The molecule has 31 heavy (non-hydrogen) atoms. The fourth-order valence-corrected chi connectivity index (χ4v) is 4.41. The Morgan fingerprint density at radius 3 is 1.65 bits per heavy atom. The summed E-state index contributed by atoms with van der Waals surface area (Å²) in [5, 5.41) is 5.07. The molecule has 158 valence electrons. The smallest absolute Gasteiger partial charge is 0.264 e. The Bertz CT molecular complexity index is 1160. The van der Waals surface area contributed by atoms with Crippen molar-refractivity contribution >= 4 is 21.7 Å². The molecule has 0 N–H and O–H groups in total. The Kier molecular flexibility index (Phi) is 5.96. The van der Waals surface area contributed by atoms with Gasteiger partial charge in [-0.05, 0) is 16.7 Å². The summed E-state index contributed by atoms with van der Waals surface area (Å²) in [6.45, 7) is -0.194. The second kappa shape index (κ2) is 8.67. The van der Waals surface area contributed by atoms with Crippen molar-refractivity contribution in [2.75, 3.05) is 6.26 Å². The maximum Gasteiger partial charge on any atom is 0.264 e. The maximum absolute atomic E-state index is 11.5. The van der Waals surface area contributed by atoms with Crippen LogP contribution in [0.5, 0.6) is 0 Å². The molecule has 0 saturated carbocycles. The summed E-state index contributed by atoms with van der Waals surface area (Å²) in [7, 11) is -3.61. The lowest BCUT2D eigenvalue weighted by molar-refractivity contribution is 0.303. The molecule has 1 heterocycles. The number of rotatable bonds is 7. The van der Waals surface area contributed by atoms with E-state index < -0.39 is 15.7 Å². The van der Waals surface area contributed by atoms with Crippen LogP contribution in [0, 0.1) is 0 Å². The van der Waals surface area contributed by atoms with E-state index in [1.807, 2.05) is 91.0 Å². The van der Waals surface area contributed by atoms with Gasteiger partial charge in [0.2, 0.25) is 0 Å². The van der Waals surface area contributed by atoms with Crippen LogP contribution in [0.25, 0.3) is 0 Å². The summed E-state index contributed by atoms with van der Waals surface area (Å²) in [5.74, 6) is 0. The average molecular weight is 453 g/mol. The molecule has 0 spiro atoms. The molecule has 0 saturated heterocycles. The van der Waals surface area contributed by atoms with Gasteiger partial charge < -0.3 is 0 Å². The molecule has 4 aromatic rings. The molecule has 1 aromatic heterocycles. The van der Waals surface area contributed by atoms with Gasteiger partial charge in [-0.15, -0.1) is 0 Å². The van der Waals surface area contributed by atoms with Crippen molar-refractivity contribution in [2.24, 2.45) is 0 Å². The van der Waals surface area contributed by atoms with E-state index in [1.54, 1.807) is 10.7 Å². The molecule has 0 bridgehead atoms. The topological polar surface area (TPSA) is 61.2 Å². The molecule has 0 aliphatic carbocycles. The first kappa shape index (κ1) is 21.3. The van der Waals surface area contributed by atoms with Crippen molar-refractivity contribution in [3.8, 4) is 0 Å². The van der Waals surface area contributed by atoms with E-state index in [0.717, 1.165) is 22.9 Å². The van der Waals surface area contributed by atoms with E-state index in [1.165, 1.54) is 0 Å². The van der Waals surface area contributed by atoms with Gasteiger partial charge in [0.15, 0.2) is 0 Å². The second-order valence-electron chi connectivity index (χ2n) is 7.15. The Balaban J connectivity index is 2.01. The van der Waals surface area contributed by atoms with Crippen LogP contribution in [0.3, 0.4) is 0 Å². The molecule has 0 amide bonds. The number of halogens is 1. The van der Waals surface area contributed by atoms with Crippen LogP contribution in [0.4, 0.5) is 0 Å². The normalized spacial score (nSPS) is 12.1. The SMILES string of the molecule is CS(=O)(=O)OCc1cc(Cl)n(C(c2ccccc2)(c2ccccc2)c2ccccc2)n1. The zero-order valence-corrected chi connectivity index (χ0v) is 18.4. The van der Waals surface area contributed by atoms with Crippen molar-refractivity contribution < 1.29 is 12.6 Å². The van der Waals surface area contributed by atoms with Crippen LogP contribution in [0.2, 0.25) is 5.15 Å². The highest BCUT2D eigenvalue weighted by atomic mass is 35.5. The molecular weight excluding hydrogens is 432 g/mol. The van der Waals surface area contributed by atoms with Gasteiger partial charge in [0.1, 0.15) is 17.3 Å². The molecule has 5 nitrogen and oxygen atoms in total. The summed E-state index contributed by atoms with van der Waals surface area (Å²) in [5.41, 5.74) is 2.45. The fourth-order valence-electron chi connectivity index (χ4n) is 3.78. The van der Waals surface area contributed by atoms with Gasteiger partial charge in [-0.2, -0.15) is 13.5 Å².